The number of aromatic nitrogens is 1. The first-order valence-electron chi connectivity index (χ1n) is 6.49. The van der Waals surface area contributed by atoms with E-state index < -0.39 is 0 Å². The molecule has 0 radical (unpaired) electrons. The number of anilines is 1. The first-order chi connectivity index (χ1) is 10.2. The lowest BCUT2D eigenvalue weighted by atomic mass is 10.1. The number of hydrogen-bond acceptors (Lipinski definition) is 4. The number of para-hydroxylation sites is 1. The SMILES string of the molecule is COc1cccc2sc(NC(=O)c3cccc(C)c3)nc12. The molecule has 106 valence electrons. The summed E-state index contributed by atoms with van der Waals surface area (Å²) in [6.45, 7) is 1.96. The number of nitrogens with one attached hydrogen (secondary N) is 1. The average molecular weight is 298 g/mol. The number of methoxy groups -OCH3 is 1. The molecule has 0 bridgehead atoms. The number of rotatable bonds is 3. The van der Waals surface area contributed by atoms with Crippen LogP contribution in [0.2, 0.25) is 0 Å². The minimum absolute atomic E-state index is 0.156. The molecule has 0 spiro atoms. The highest BCUT2D eigenvalue weighted by molar-refractivity contribution is 7.22. The van der Waals surface area contributed by atoms with Gasteiger partial charge in [-0.2, -0.15) is 0 Å². The number of amides is 1. The summed E-state index contributed by atoms with van der Waals surface area (Å²) in [6.07, 6.45) is 0. The van der Waals surface area contributed by atoms with E-state index in [4.69, 9.17) is 4.74 Å². The molecule has 0 aliphatic heterocycles. The second-order valence-corrected chi connectivity index (χ2v) is 5.68. The van der Waals surface area contributed by atoms with Gasteiger partial charge in [-0.25, -0.2) is 4.98 Å². The third-order valence-electron chi connectivity index (χ3n) is 3.10. The number of carbonyl (C=O) groups excluding carboxylic acids is 1. The Labute approximate surface area is 126 Å². The van der Waals surface area contributed by atoms with E-state index in [0.29, 0.717) is 16.4 Å². The van der Waals surface area contributed by atoms with Crippen LogP contribution in [-0.4, -0.2) is 18.0 Å². The van der Waals surface area contributed by atoms with Gasteiger partial charge in [0.05, 0.1) is 11.8 Å². The predicted octanol–water partition coefficient (Wildman–Crippen LogP) is 3.87. The van der Waals surface area contributed by atoms with Crippen LogP contribution in [0.3, 0.4) is 0 Å². The highest BCUT2D eigenvalue weighted by Crippen LogP contribution is 2.32. The van der Waals surface area contributed by atoms with E-state index in [1.807, 2.05) is 43.3 Å². The van der Waals surface area contributed by atoms with E-state index >= 15 is 0 Å². The summed E-state index contributed by atoms with van der Waals surface area (Å²) in [7, 11) is 1.61. The number of fused-ring (bicyclic) bond motifs is 1. The molecule has 0 saturated heterocycles. The summed E-state index contributed by atoms with van der Waals surface area (Å²) in [4.78, 5) is 16.7. The molecule has 3 aromatic rings. The van der Waals surface area contributed by atoms with Gasteiger partial charge in [0, 0.05) is 5.56 Å². The molecule has 1 heterocycles. The van der Waals surface area contributed by atoms with E-state index in [1.54, 1.807) is 13.2 Å². The summed E-state index contributed by atoms with van der Waals surface area (Å²) < 4.78 is 6.26. The van der Waals surface area contributed by atoms with Gasteiger partial charge in [-0.15, -0.1) is 0 Å². The Morgan fingerprint density at radius 1 is 1.24 bits per heavy atom. The molecule has 3 rings (SSSR count). The van der Waals surface area contributed by atoms with Crippen LogP contribution in [0, 0.1) is 6.92 Å². The van der Waals surface area contributed by atoms with Crippen LogP contribution in [0.1, 0.15) is 15.9 Å². The van der Waals surface area contributed by atoms with Gasteiger partial charge < -0.3 is 4.74 Å². The maximum atomic E-state index is 12.2. The van der Waals surface area contributed by atoms with Gasteiger partial charge in [-0.3, -0.25) is 10.1 Å². The van der Waals surface area contributed by atoms with Gasteiger partial charge in [0.2, 0.25) is 0 Å². The minimum Gasteiger partial charge on any atom is -0.494 e. The predicted molar refractivity (Wildman–Crippen MR) is 85.3 cm³/mol. The van der Waals surface area contributed by atoms with Crippen molar-refractivity contribution in [2.75, 3.05) is 12.4 Å². The normalized spacial score (nSPS) is 10.6. The fourth-order valence-electron chi connectivity index (χ4n) is 2.10. The number of ether oxygens (including phenoxy) is 1. The van der Waals surface area contributed by atoms with E-state index in [2.05, 4.69) is 10.3 Å². The largest absolute Gasteiger partial charge is 0.494 e. The lowest BCUT2D eigenvalue weighted by Crippen LogP contribution is -2.11. The van der Waals surface area contributed by atoms with Crippen molar-refractivity contribution in [3.05, 3.63) is 53.6 Å². The Bertz CT molecular complexity index is 811. The second kappa shape index (κ2) is 5.54. The maximum Gasteiger partial charge on any atom is 0.257 e. The van der Waals surface area contributed by atoms with Gasteiger partial charge in [0.1, 0.15) is 11.3 Å². The van der Waals surface area contributed by atoms with Gasteiger partial charge in [0.25, 0.3) is 5.91 Å². The highest BCUT2D eigenvalue weighted by Gasteiger charge is 2.12. The van der Waals surface area contributed by atoms with Gasteiger partial charge in [0.15, 0.2) is 5.13 Å². The fourth-order valence-corrected chi connectivity index (χ4v) is 2.98. The standard InChI is InChI=1S/C16H14N2O2S/c1-10-5-3-6-11(9-10)15(19)18-16-17-14-12(20-2)7-4-8-13(14)21-16/h3-9H,1-2H3,(H,17,18,19). The Morgan fingerprint density at radius 2 is 2.05 bits per heavy atom. The zero-order valence-electron chi connectivity index (χ0n) is 11.7. The molecule has 1 amide bonds. The molecule has 21 heavy (non-hydrogen) atoms. The second-order valence-electron chi connectivity index (χ2n) is 4.65. The Morgan fingerprint density at radius 3 is 2.81 bits per heavy atom. The van der Waals surface area contributed by atoms with Crippen molar-refractivity contribution in [2.45, 2.75) is 6.92 Å². The number of carbonyl (C=O) groups is 1. The zero-order valence-corrected chi connectivity index (χ0v) is 12.5. The maximum absolute atomic E-state index is 12.2. The monoisotopic (exact) mass is 298 g/mol. The van der Waals surface area contributed by atoms with Crippen LogP contribution in [0.5, 0.6) is 5.75 Å². The molecule has 0 atom stereocenters. The topological polar surface area (TPSA) is 51.2 Å². The molecular formula is C16H14N2O2S. The van der Waals surface area contributed by atoms with E-state index in [0.717, 1.165) is 15.8 Å². The Balaban J connectivity index is 1.90. The number of thiazole rings is 1. The molecule has 4 nitrogen and oxygen atoms in total. The molecule has 1 N–H and O–H groups in total. The Kier molecular flexibility index (Phi) is 3.58. The van der Waals surface area contributed by atoms with E-state index in [-0.39, 0.29) is 5.91 Å². The first kappa shape index (κ1) is 13.6. The van der Waals surface area contributed by atoms with E-state index in [1.165, 1.54) is 11.3 Å². The minimum atomic E-state index is -0.156. The van der Waals surface area contributed by atoms with Crippen molar-refractivity contribution in [3.8, 4) is 5.75 Å². The molecule has 0 aliphatic rings. The first-order valence-corrected chi connectivity index (χ1v) is 7.30. The van der Waals surface area contributed by atoms with Crippen LogP contribution >= 0.6 is 11.3 Å². The molecule has 1 aromatic heterocycles. The fraction of sp³-hybridized carbons (Fsp3) is 0.125. The van der Waals surface area contributed by atoms with Crippen molar-refractivity contribution >= 4 is 32.6 Å². The van der Waals surface area contributed by atoms with Crippen LogP contribution in [0.25, 0.3) is 10.2 Å². The lowest BCUT2D eigenvalue weighted by Gasteiger charge is -2.02. The third-order valence-corrected chi connectivity index (χ3v) is 4.04. The zero-order chi connectivity index (χ0) is 14.8. The van der Waals surface area contributed by atoms with Gasteiger partial charge >= 0.3 is 0 Å². The lowest BCUT2D eigenvalue weighted by molar-refractivity contribution is 0.102. The molecule has 0 fully saturated rings. The quantitative estimate of drug-likeness (QED) is 0.798. The molecule has 0 aliphatic carbocycles. The van der Waals surface area contributed by atoms with Crippen LogP contribution < -0.4 is 10.1 Å². The third kappa shape index (κ3) is 2.73. The number of nitrogens with zero attached hydrogens (tertiary/aromatic N) is 1. The number of hydrogen-bond donors (Lipinski definition) is 1. The molecule has 5 heteroatoms. The smallest absolute Gasteiger partial charge is 0.257 e. The van der Waals surface area contributed by atoms with Crippen molar-refractivity contribution in [1.82, 2.24) is 4.98 Å². The van der Waals surface area contributed by atoms with Crippen molar-refractivity contribution in [1.29, 1.82) is 0 Å². The van der Waals surface area contributed by atoms with Gasteiger partial charge in [-0.1, -0.05) is 35.1 Å². The van der Waals surface area contributed by atoms with Crippen molar-refractivity contribution in [3.63, 3.8) is 0 Å². The van der Waals surface area contributed by atoms with Crippen LogP contribution in [-0.2, 0) is 0 Å². The van der Waals surface area contributed by atoms with Crippen molar-refractivity contribution < 1.29 is 9.53 Å². The molecule has 0 unspecified atom stereocenters. The number of aryl methyl sites for hydroxylation is 1. The molecule has 2 aromatic carbocycles. The van der Waals surface area contributed by atoms with Crippen LogP contribution in [0.4, 0.5) is 5.13 Å². The highest BCUT2D eigenvalue weighted by atomic mass is 32.1. The Hall–Kier alpha value is -2.40. The summed E-state index contributed by atoms with van der Waals surface area (Å²) in [5, 5.41) is 3.41. The summed E-state index contributed by atoms with van der Waals surface area (Å²) in [5.74, 6) is 0.552. The summed E-state index contributed by atoms with van der Waals surface area (Å²) in [6, 6.07) is 13.2. The summed E-state index contributed by atoms with van der Waals surface area (Å²) >= 11 is 1.43. The van der Waals surface area contributed by atoms with Gasteiger partial charge in [-0.05, 0) is 31.2 Å². The molecule has 0 saturated carbocycles. The molecular weight excluding hydrogens is 284 g/mol. The number of benzene rings is 2. The van der Waals surface area contributed by atoms with Crippen molar-refractivity contribution in [2.24, 2.45) is 0 Å². The van der Waals surface area contributed by atoms with E-state index in [9.17, 15) is 4.79 Å². The summed E-state index contributed by atoms with van der Waals surface area (Å²) in [5.41, 5.74) is 2.44. The van der Waals surface area contributed by atoms with Crippen LogP contribution in [0.15, 0.2) is 42.5 Å². The average Bonchev–Trinajstić information content (AvgIpc) is 2.89.